The molecule has 0 saturated carbocycles. The summed E-state index contributed by atoms with van der Waals surface area (Å²) in [7, 11) is 1.47. The molecule has 18 heavy (non-hydrogen) atoms. The van der Waals surface area contributed by atoms with Crippen LogP contribution < -0.4 is 10.5 Å². The Morgan fingerprint density at radius 2 is 2.06 bits per heavy atom. The minimum absolute atomic E-state index is 0.0215. The Kier molecular flexibility index (Phi) is 3.09. The third kappa shape index (κ3) is 1.67. The predicted octanol–water partition coefficient (Wildman–Crippen LogP) is 2.91. The molecular weight excluding hydrogens is 256 g/mol. The van der Waals surface area contributed by atoms with Crippen LogP contribution in [0.25, 0.3) is 11.1 Å². The molecule has 1 aromatic carbocycles. The van der Waals surface area contributed by atoms with Gasteiger partial charge in [0.1, 0.15) is 0 Å². The number of nitrogens with two attached hydrogens (primary N) is 1. The van der Waals surface area contributed by atoms with Crippen molar-refractivity contribution in [2.24, 2.45) is 0 Å². The van der Waals surface area contributed by atoms with Crippen molar-refractivity contribution in [2.45, 2.75) is 13.8 Å². The summed E-state index contributed by atoms with van der Waals surface area (Å²) in [4.78, 5) is 0. The molecule has 2 aromatic rings. The van der Waals surface area contributed by atoms with Crippen LogP contribution in [0.3, 0.4) is 0 Å². The van der Waals surface area contributed by atoms with E-state index >= 15 is 0 Å². The van der Waals surface area contributed by atoms with Gasteiger partial charge in [0.15, 0.2) is 11.5 Å². The second-order valence-corrected chi connectivity index (χ2v) is 4.30. The van der Waals surface area contributed by atoms with Gasteiger partial charge in [-0.05, 0) is 19.4 Å². The van der Waals surface area contributed by atoms with Gasteiger partial charge in [-0.15, -0.1) is 0 Å². The zero-order valence-corrected chi connectivity index (χ0v) is 11.0. The summed E-state index contributed by atoms with van der Waals surface area (Å²) in [5.41, 5.74) is 8.00. The maximum atomic E-state index is 10.3. The van der Waals surface area contributed by atoms with Crippen molar-refractivity contribution in [1.82, 2.24) is 5.16 Å². The molecule has 0 aliphatic carbocycles. The first-order valence-corrected chi connectivity index (χ1v) is 5.63. The molecule has 96 valence electrons. The number of hydrogen-bond donors (Lipinski definition) is 2. The molecular formula is C12H13ClN2O3. The van der Waals surface area contributed by atoms with E-state index in [0.29, 0.717) is 33.0 Å². The summed E-state index contributed by atoms with van der Waals surface area (Å²) >= 11 is 6.23. The van der Waals surface area contributed by atoms with Crippen molar-refractivity contribution >= 4 is 17.5 Å². The number of aromatic nitrogens is 1. The van der Waals surface area contributed by atoms with Gasteiger partial charge in [-0.1, -0.05) is 16.8 Å². The second kappa shape index (κ2) is 4.42. The third-order valence-corrected chi connectivity index (χ3v) is 3.46. The Labute approximate surface area is 109 Å². The molecule has 0 bridgehead atoms. The molecule has 0 amide bonds. The number of aromatic hydroxyl groups is 1. The zero-order valence-electron chi connectivity index (χ0n) is 10.2. The number of nitrogens with zero attached hydrogens (tertiary/aromatic N) is 1. The van der Waals surface area contributed by atoms with E-state index in [4.69, 9.17) is 26.6 Å². The SMILES string of the molecule is COc1c(C)c(Cl)c(C)c(-c2cnoc2N)c1O. The van der Waals surface area contributed by atoms with E-state index in [1.165, 1.54) is 13.3 Å². The Morgan fingerprint density at radius 3 is 2.56 bits per heavy atom. The average molecular weight is 269 g/mol. The quantitative estimate of drug-likeness (QED) is 0.875. The molecule has 0 fully saturated rings. The van der Waals surface area contributed by atoms with Gasteiger partial charge in [-0.2, -0.15) is 0 Å². The maximum Gasteiger partial charge on any atom is 0.230 e. The third-order valence-electron chi connectivity index (χ3n) is 2.90. The first-order valence-electron chi connectivity index (χ1n) is 5.25. The summed E-state index contributed by atoms with van der Waals surface area (Å²) in [5.74, 6) is 0.420. The van der Waals surface area contributed by atoms with Gasteiger partial charge in [0.25, 0.3) is 0 Å². The fourth-order valence-electron chi connectivity index (χ4n) is 1.98. The first kappa shape index (κ1) is 12.6. The second-order valence-electron chi connectivity index (χ2n) is 3.92. The zero-order chi connectivity index (χ0) is 13.4. The van der Waals surface area contributed by atoms with Gasteiger partial charge in [0.05, 0.1) is 23.9 Å². The van der Waals surface area contributed by atoms with Crippen molar-refractivity contribution in [2.75, 3.05) is 12.8 Å². The molecule has 0 atom stereocenters. The monoisotopic (exact) mass is 268 g/mol. The fourth-order valence-corrected chi connectivity index (χ4v) is 2.16. The van der Waals surface area contributed by atoms with E-state index in [1.54, 1.807) is 13.8 Å². The molecule has 2 rings (SSSR count). The van der Waals surface area contributed by atoms with Crippen molar-refractivity contribution in [3.63, 3.8) is 0 Å². The summed E-state index contributed by atoms with van der Waals surface area (Å²) in [6.07, 6.45) is 1.43. The number of nitrogen functional groups attached to an aromatic ring is 1. The summed E-state index contributed by atoms with van der Waals surface area (Å²) < 4.78 is 9.97. The number of hydrogen-bond acceptors (Lipinski definition) is 5. The number of phenols is 1. The van der Waals surface area contributed by atoms with E-state index < -0.39 is 0 Å². The lowest BCUT2D eigenvalue weighted by atomic mass is 9.98. The van der Waals surface area contributed by atoms with Crippen LogP contribution in [0, 0.1) is 13.8 Å². The first-order chi connectivity index (χ1) is 8.49. The number of rotatable bonds is 2. The number of anilines is 1. The number of halogens is 1. The highest BCUT2D eigenvalue weighted by Gasteiger charge is 2.23. The van der Waals surface area contributed by atoms with Crippen LogP contribution in [-0.4, -0.2) is 17.4 Å². The average Bonchev–Trinajstić information content (AvgIpc) is 2.74. The lowest BCUT2D eigenvalue weighted by molar-refractivity contribution is 0.371. The lowest BCUT2D eigenvalue weighted by Gasteiger charge is -2.16. The normalized spacial score (nSPS) is 10.7. The largest absolute Gasteiger partial charge is 0.504 e. The molecule has 3 N–H and O–H groups in total. The molecule has 6 heteroatoms. The molecule has 1 heterocycles. The van der Waals surface area contributed by atoms with Crippen LogP contribution >= 0.6 is 11.6 Å². The lowest BCUT2D eigenvalue weighted by Crippen LogP contribution is -1.96. The highest BCUT2D eigenvalue weighted by Crippen LogP contribution is 2.47. The van der Waals surface area contributed by atoms with Gasteiger partial charge in [-0.25, -0.2) is 0 Å². The smallest absolute Gasteiger partial charge is 0.230 e. The van der Waals surface area contributed by atoms with Crippen LogP contribution in [0.15, 0.2) is 10.7 Å². The highest BCUT2D eigenvalue weighted by atomic mass is 35.5. The minimum Gasteiger partial charge on any atom is -0.504 e. The molecule has 1 aromatic heterocycles. The summed E-state index contributed by atoms with van der Waals surface area (Å²) in [6, 6.07) is 0. The van der Waals surface area contributed by atoms with Gasteiger partial charge in [0, 0.05) is 11.1 Å². The Hall–Kier alpha value is -1.88. The highest BCUT2D eigenvalue weighted by molar-refractivity contribution is 6.33. The molecule has 0 radical (unpaired) electrons. The summed E-state index contributed by atoms with van der Waals surface area (Å²) in [6.45, 7) is 3.56. The van der Waals surface area contributed by atoms with Crippen LogP contribution in [0.1, 0.15) is 11.1 Å². The molecule has 0 aliphatic rings. The number of methoxy groups -OCH3 is 1. The molecule has 0 aliphatic heterocycles. The predicted molar refractivity (Wildman–Crippen MR) is 69.1 cm³/mol. The summed E-state index contributed by atoms with van der Waals surface area (Å²) in [5, 5.41) is 14.4. The van der Waals surface area contributed by atoms with Crippen molar-refractivity contribution < 1.29 is 14.4 Å². The van der Waals surface area contributed by atoms with Gasteiger partial charge >= 0.3 is 0 Å². The van der Waals surface area contributed by atoms with Crippen molar-refractivity contribution in [3.05, 3.63) is 22.3 Å². The van der Waals surface area contributed by atoms with Gasteiger partial charge < -0.3 is 20.1 Å². The van der Waals surface area contributed by atoms with Crippen molar-refractivity contribution in [3.8, 4) is 22.6 Å². The van der Waals surface area contributed by atoms with E-state index in [9.17, 15) is 5.11 Å². The fraction of sp³-hybridized carbons (Fsp3) is 0.250. The van der Waals surface area contributed by atoms with E-state index in [0.717, 1.165) is 0 Å². The topological polar surface area (TPSA) is 81.5 Å². The van der Waals surface area contributed by atoms with Crippen LogP contribution in [0.2, 0.25) is 5.02 Å². The molecule has 5 nitrogen and oxygen atoms in total. The van der Waals surface area contributed by atoms with Crippen LogP contribution in [0.5, 0.6) is 11.5 Å². The molecule has 0 saturated heterocycles. The number of phenolic OH excluding ortho intramolecular Hbond substituents is 1. The van der Waals surface area contributed by atoms with E-state index in [2.05, 4.69) is 5.16 Å². The molecule has 0 unspecified atom stereocenters. The Bertz CT molecular complexity index is 608. The van der Waals surface area contributed by atoms with Crippen molar-refractivity contribution in [1.29, 1.82) is 0 Å². The maximum absolute atomic E-state index is 10.3. The van der Waals surface area contributed by atoms with Crippen LogP contribution in [0.4, 0.5) is 5.88 Å². The minimum atomic E-state index is -0.0215. The van der Waals surface area contributed by atoms with Crippen LogP contribution in [-0.2, 0) is 0 Å². The van der Waals surface area contributed by atoms with E-state index in [-0.39, 0.29) is 11.6 Å². The van der Waals surface area contributed by atoms with Gasteiger partial charge in [0.2, 0.25) is 5.88 Å². The van der Waals surface area contributed by atoms with E-state index in [1.807, 2.05) is 0 Å². The standard InChI is InChI=1S/C12H13ClN2O3/c1-5-8(7-4-15-18-12(7)14)10(16)11(17-3)6(2)9(5)13/h4,16H,14H2,1-3H3. The number of ether oxygens (including phenoxy) is 1. The Balaban J connectivity index is 2.83. The number of benzene rings is 1. The Morgan fingerprint density at radius 1 is 1.39 bits per heavy atom. The van der Waals surface area contributed by atoms with Gasteiger partial charge in [-0.3, -0.25) is 0 Å². The molecule has 0 spiro atoms.